The van der Waals surface area contributed by atoms with Crippen LogP contribution >= 0.6 is 0 Å². The van der Waals surface area contributed by atoms with Crippen LogP contribution in [-0.2, 0) is 25.7 Å². The van der Waals surface area contributed by atoms with E-state index >= 15 is 0 Å². The SMILES string of the molecule is O=C1CCC(N2Cc3c(NC(=O)OCCC(O)C(=O)O)cccc3C2=O)C(=O)N1. The fourth-order valence-electron chi connectivity index (χ4n) is 3.24. The third-order valence-corrected chi connectivity index (χ3v) is 4.73. The Morgan fingerprint density at radius 1 is 1.31 bits per heavy atom. The van der Waals surface area contributed by atoms with Gasteiger partial charge in [0, 0.05) is 36.2 Å². The number of hydrogen-bond acceptors (Lipinski definition) is 7. The van der Waals surface area contributed by atoms with Gasteiger partial charge in [-0.05, 0) is 18.6 Å². The van der Waals surface area contributed by atoms with Crippen molar-refractivity contribution in [2.45, 2.75) is 38.0 Å². The van der Waals surface area contributed by atoms with Crippen molar-refractivity contribution in [3.8, 4) is 0 Å². The molecule has 0 bridgehead atoms. The van der Waals surface area contributed by atoms with Crippen LogP contribution in [0.1, 0.15) is 35.2 Å². The van der Waals surface area contributed by atoms with Crippen molar-refractivity contribution in [2.24, 2.45) is 0 Å². The lowest BCUT2D eigenvalue weighted by Crippen LogP contribution is -2.52. The minimum absolute atomic E-state index is 0.0780. The van der Waals surface area contributed by atoms with Crippen LogP contribution in [0.2, 0.25) is 0 Å². The number of rotatable bonds is 6. The van der Waals surface area contributed by atoms with Crippen molar-refractivity contribution in [3.63, 3.8) is 0 Å². The predicted octanol–water partition coefficient (Wildman–Crippen LogP) is -0.168. The molecule has 1 fully saturated rings. The molecule has 0 radical (unpaired) electrons. The molecule has 1 aromatic rings. The van der Waals surface area contributed by atoms with Gasteiger partial charge in [-0.15, -0.1) is 0 Å². The van der Waals surface area contributed by atoms with E-state index in [1.54, 1.807) is 18.2 Å². The first-order valence-corrected chi connectivity index (χ1v) is 8.89. The van der Waals surface area contributed by atoms with Gasteiger partial charge in [-0.25, -0.2) is 9.59 Å². The standard InChI is InChI=1S/C18H19N3O8/c22-13(17(26)27)6-7-29-18(28)19-11-3-1-2-9-10(11)8-21(16(9)25)12-4-5-14(23)20-15(12)24/h1-3,12-13,22H,4-8H2,(H,19,28)(H,26,27)(H,20,23,24). The maximum atomic E-state index is 12.7. The Morgan fingerprint density at radius 2 is 2.07 bits per heavy atom. The molecule has 2 atom stereocenters. The number of imide groups is 1. The van der Waals surface area contributed by atoms with E-state index in [1.807, 2.05) is 0 Å². The molecule has 2 aliphatic heterocycles. The highest BCUT2D eigenvalue weighted by atomic mass is 16.5. The molecule has 3 rings (SSSR count). The topological polar surface area (TPSA) is 162 Å². The zero-order valence-corrected chi connectivity index (χ0v) is 15.2. The van der Waals surface area contributed by atoms with Crippen molar-refractivity contribution in [2.75, 3.05) is 11.9 Å². The van der Waals surface area contributed by atoms with Gasteiger partial charge in [-0.2, -0.15) is 0 Å². The van der Waals surface area contributed by atoms with E-state index in [1.165, 1.54) is 4.90 Å². The second kappa shape index (κ2) is 8.27. The number of aliphatic hydroxyl groups excluding tert-OH is 1. The van der Waals surface area contributed by atoms with E-state index < -0.39 is 30.1 Å². The number of fused-ring (bicyclic) bond motifs is 1. The number of piperidine rings is 1. The summed E-state index contributed by atoms with van der Waals surface area (Å²) in [4.78, 5) is 60.0. The Hall–Kier alpha value is -3.47. The molecule has 1 aromatic carbocycles. The number of benzene rings is 1. The van der Waals surface area contributed by atoms with Crippen LogP contribution in [0.3, 0.4) is 0 Å². The number of anilines is 1. The number of nitrogens with one attached hydrogen (secondary N) is 2. The summed E-state index contributed by atoms with van der Waals surface area (Å²) in [6.45, 7) is -0.232. The van der Waals surface area contributed by atoms with Crippen LogP contribution in [0.15, 0.2) is 18.2 Å². The number of carbonyl (C=O) groups is 5. The maximum Gasteiger partial charge on any atom is 0.411 e. The minimum atomic E-state index is -1.64. The van der Waals surface area contributed by atoms with Crippen molar-refractivity contribution in [3.05, 3.63) is 29.3 Å². The van der Waals surface area contributed by atoms with Gasteiger partial charge < -0.3 is 19.8 Å². The molecule has 0 spiro atoms. The van der Waals surface area contributed by atoms with Crippen LogP contribution in [0.4, 0.5) is 10.5 Å². The molecule has 4 N–H and O–H groups in total. The van der Waals surface area contributed by atoms with Gasteiger partial charge in [0.05, 0.1) is 6.61 Å². The quantitative estimate of drug-likeness (QED) is 0.474. The monoisotopic (exact) mass is 405 g/mol. The lowest BCUT2D eigenvalue weighted by atomic mass is 10.0. The Morgan fingerprint density at radius 3 is 2.76 bits per heavy atom. The summed E-state index contributed by atoms with van der Waals surface area (Å²) in [5, 5.41) is 22.5. The number of aliphatic hydroxyl groups is 1. The van der Waals surface area contributed by atoms with Crippen molar-refractivity contribution in [1.82, 2.24) is 10.2 Å². The Bertz CT molecular complexity index is 884. The minimum Gasteiger partial charge on any atom is -0.479 e. The van der Waals surface area contributed by atoms with E-state index in [9.17, 15) is 24.0 Å². The lowest BCUT2D eigenvalue weighted by molar-refractivity contribution is -0.147. The highest BCUT2D eigenvalue weighted by Crippen LogP contribution is 2.32. The average Bonchev–Trinajstić information content (AvgIpc) is 2.99. The van der Waals surface area contributed by atoms with Crippen LogP contribution in [0.25, 0.3) is 0 Å². The van der Waals surface area contributed by atoms with Gasteiger partial charge in [0.25, 0.3) is 5.91 Å². The molecule has 0 saturated carbocycles. The molecule has 29 heavy (non-hydrogen) atoms. The van der Waals surface area contributed by atoms with E-state index in [0.29, 0.717) is 16.8 Å². The van der Waals surface area contributed by atoms with Gasteiger partial charge >= 0.3 is 12.1 Å². The highest BCUT2D eigenvalue weighted by molar-refractivity contribution is 6.06. The number of carboxylic acids is 1. The summed E-state index contributed by atoms with van der Waals surface area (Å²) in [5.74, 6) is -2.71. The first kappa shape index (κ1) is 20.3. The van der Waals surface area contributed by atoms with Gasteiger partial charge in [-0.3, -0.25) is 25.0 Å². The van der Waals surface area contributed by atoms with Gasteiger partial charge in [-0.1, -0.05) is 6.07 Å². The summed E-state index contributed by atoms with van der Waals surface area (Å²) in [6, 6.07) is 3.93. The van der Waals surface area contributed by atoms with E-state index in [-0.39, 0.29) is 44.2 Å². The van der Waals surface area contributed by atoms with Crippen LogP contribution < -0.4 is 10.6 Å². The molecule has 0 aliphatic carbocycles. The van der Waals surface area contributed by atoms with Crippen LogP contribution in [-0.4, -0.2) is 63.6 Å². The molecule has 2 heterocycles. The highest BCUT2D eigenvalue weighted by Gasteiger charge is 2.40. The van der Waals surface area contributed by atoms with E-state index in [2.05, 4.69) is 10.6 Å². The molecule has 0 aromatic heterocycles. The molecule has 2 aliphatic rings. The molecule has 1 saturated heterocycles. The predicted molar refractivity (Wildman–Crippen MR) is 95.7 cm³/mol. The number of nitrogens with zero attached hydrogens (tertiary/aromatic N) is 1. The fourth-order valence-corrected chi connectivity index (χ4v) is 3.24. The first-order chi connectivity index (χ1) is 13.8. The summed E-state index contributed by atoms with van der Waals surface area (Å²) in [6.07, 6.45) is -2.42. The summed E-state index contributed by atoms with van der Waals surface area (Å²) < 4.78 is 4.85. The second-order valence-electron chi connectivity index (χ2n) is 6.64. The van der Waals surface area contributed by atoms with Gasteiger partial charge in [0.15, 0.2) is 6.10 Å². The number of carboxylic acid groups (broad SMARTS) is 1. The number of aliphatic carboxylic acids is 1. The summed E-state index contributed by atoms with van der Waals surface area (Å²) in [5.41, 5.74) is 1.15. The zero-order chi connectivity index (χ0) is 21.1. The normalized spacial score (nSPS) is 19.4. The largest absolute Gasteiger partial charge is 0.479 e. The summed E-state index contributed by atoms with van der Waals surface area (Å²) in [7, 11) is 0. The Kier molecular flexibility index (Phi) is 5.78. The average molecular weight is 405 g/mol. The zero-order valence-electron chi connectivity index (χ0n) is 15.2. The van der Waals surface area contributed by atoms with Gasteiger partial charge in [0.2, 0.25) is 11.8 Å². The molecule has 11 nitrogen and oxygen atoms in total. The smallest absolute Gasteiger partial charge is 0.411 e. The Labute approximate surface area is 164 Å². The molecule has 154 valence electrons. The molecule has 11 heteroatoms. The maximum absolute atomic E-state index is 12.7. The second-order valence-corrected chi connectivity index (χ2v) is 6.64. The number of amides is 4. The fraction of sp³-hybridized carbons (Fsp3) is 0.389. The number of carbonyl (C=O) groups excluding carboxylic acids is 4. The van der Waals surface area contributed by atoms with E-state index in [0.717, 1.165) is 0 Å². The lowest BCUT2D eigenvalue weighted by Gasteiger charge is -2.29. The number of hydrogen-bond donors (Lipinski definition) is 4. The molecule has 4 amide bonds. The third kappa shape index (κ3) is 4.35. The molecular weight excluding hydrogens is 386 g/mol. The first-order valence-electron chi connectivity index (χ1n) is 8.89. The molecule has 2 unspecified atom stereocenters. The van der Waals surface area contributed by atoms with E-state index in [4.69, 9.17) is 14.9 Å². The Balaban J connectivity index is 1.66. The van der Waals surface area contributed by atoms with Crippen molar-refractivity contribution in [1.29, 1.82) is 0 Å². The van der Waals surface area contributed by atoms with Crippen molar-refractivity contribution >= 4 is 35.5 Å². The number of ether oxygens (including phenoxy) is 1. The third-order valence-electron chi connectivity index (χ3n) is 4.73. The molecular formula is C18H19N3O8. The van der Waals surface area contributed by atoms with Crippen molar-refractivity contribution < 1.29 is 38.9 Å². The van der Waals surface area contributed by atoms with Crippen LogP contribution in [0, 0.1) is 0 Å². The summed E-state index contributed by atoms with van der Waals surface area (Å²) >= 11 is 0. The van der Waals surface area contributed by atoms with Gasteiger partial charge in [0.1, 0.15) is 6.04 Å². The van der Waals surface area contributed by atoms with Crippen LogP contribution in [0.5, 0.6) is 0 Å².